The third-order valence-corrected chi connectivity index (χ3v) is 5.86. The van der Waals surface area contributed by atoms with E-state index in [4.69, 9.17) is 9.47 Å². The number of rotatable bonds is 4. The van der Waals surface area contributed by atoms with Gasteiger partial charge in [0.05, 0.1) is 18.8 Å². The second-order valence-electron chi connectivity index (χ2n) is 9.84. The molecule has 10 heteroatoms. The topological polar surface area (TPSA) is 113 Å². The lowest BCUT2D eigenvalue weighted by atomic mass is 10.0. The monoisotopic (exact) mass is 470 g/mol. The Kier molecular flexibility index (Phi) is 7.06. The summed E-state index contributed by atoms with van der Waals surface area (Å²) in [6, 6.07) is 7.05. The zero-order chi connectivity index (χ0) is 24.3. The van der Waals surface area contributed by atoms with Gasteiger partial charge < -0.3 is 19.7 Å². The van der Waals surface area contributed by atoms with Crippen molar-refractivity contribution >= 4 is 23.6 Å². The van der Waals surface area contributed by atoms with Gasteiger partial charge in [0.25, 0.3) is 0 Å². The maximum atomic E-state index is 13.5. The number of carbonyl (C=O) groups is 2. The average molecular weight is 471 g/mol. The van der Waals surface area contributed by atoms with E-state index in [0.717, 1.165) is 24.2 Å². The molecule has 2 saturated heterocycles. The first kappa shape index (κ1) is 24.0. The molecule has 10 nitrogen and oxygen atoms in total. The molecule has 4 rings (SSSR count). The number of aromatic amines is 1. The number of carbonyl (C=O) groups excluding carboxylic acids is 2. The number of aromatic nitrogens is 3. The Morgan fingerprint density at radius 3 is 2.76 bits per heavy atom. The lowest BCUT2D eigenvalue weighted by Gasteiger charge is -2.40. The van der Waals surface area contributed by atoms with Crippen molar-refractivity contribution in [2.75, 3.05) is 31.6 Å². The number of H-pyrrole nitrogens is 1. The SMILES string of the molecule is Cc1cc(Nc2cccc([C@H]3CN(C(=O)[C@@H]4CCCCN4C(=O)OC(C)(C)C)CCO3)n2)n[nH]1. The number of amides is 2. The van der Waals surface area contributed by atoms with E-state index in [9.17, 15) is 9.59 Å². The van der Waals surface area contributed by atoms with E-state index in [1.807, 2.05) is 52.0 Å². The van der Waals surface area contributed by atoms with E-state index in [1.54, 1.807) is 9.80 Å². The highest BCUT2D eigenvalue weighted by Gasteiger charge is 2.38. The van der Waals surface area contributed by atoms with E-state index in [-0.39, 0.29) is 12.0 Å². The maximum Gasteiger partial charge on any atom is 0.410 e. The minimum Gasteiger partial charge on any atom is -0.444 e. The van der Waals surface area contributed by atoms with Crippen LogP contribution in [0.1, 0.15) is 57.5 Å². The van der Waals surface area contributed by atoms with Crippen LogP contribution in [-0.2, 0) is 14.3 Å². The smallest absolute Gasteiger partial charge is 0.410 e. The van der Waals surface area contributed by atoms with Crippen LogP contribution < -0.4 is 5.32 Å². The van der Waals surface area contributed by atoms with Crippen molar-refractivity contribution in [2.45, 2.75) is 64.7 Å². The van der Waals surface area contributed by atoms with Crippen LogP contribution in [0.3, 0.4) is 0 Å². The van der Waals surface area contributed by atoms with Crippen LogP contribution in [0.4, 0.5) is 16.4 Å². The largest absolute Gasteiger partial charge is 0.444 e. The van der Waals surface area contributed by atoms with Gasteiger partial charge in [0.15, 0.2) is 5.82 Å². The number of nitrogens with zero attached hydrogens (tertiary/aromatic N) is 4. The number of pyridine rings is 1. The minimum atomic E-state index is -0.606. The first-order valence-corrected chi connectivity index (χ1v) is 11.9. The van der Waals surface area contributed by atoms with Crippen LogP contribution in [0.25, 0.3) is 0 Å². The van der Waals surface area contributed by atoms with E-state index in [1.165, 1.54) is 0 Å². The molecule has 2 atom stereocenters. The summed E-state index contributed by atoms with van der Waals surface area (Å²) >= 11 is 0. The van der Waals surface area contributed by atoms with Crippen LogP contribution in [0.15, 0.2) is 24.3 Å². The summed E-state index contributed by atoms with van der Waals surface area (Å²) in [5.41, 5.74) is 1.08. The highest BCUT2D eigenvalue weighted by Crippen LogP contribution is 2.27. The second kappa shape index (κ2) is 10.0. The van der Waals surface area contributed by atoms with Crippen molar-refractivity contribution in [3.63, 3.8) is 0 Å². The summed E-state index contributed by atoms with van der Waals surface area (Å²) in [6.45, 7) is 9.24. The third-order valence-electron chi connectivity index (χ3n) is 5.86. The first-order chi connectivity index (χ1) is 16.2. The molecule has 2 aliphatic rings. The van der Waals surface area contributed by atoms with Crippen molar-refractivity contribution < 1.29 is 19.1 Å². The van der Waals surface area contributed by atoms with Gasteiger partial charge in [-0.2, -0.15) is 5.10 Å². The van der Waals surface area contributed by atoms with Crippen LogP contribution in [0, 0.1) is 6.92 Å². The van der Waals surface area contributed by atoms with Crippen molar-refractivity contribution in [3.8, 4) is 0 Å². The standard InChI is InChI=1S/C24H34N6O4/c1-16-14-21(28-27-16)26-20-10-7-8-17(25-20)19-15-29(12-13-33-19)22(31)18-9-5-6-11-30(18)23(32)34-24(2,3)4/h7-8,10,14,18-19H,5-6,9,11-13,15H2,1-4H3,(H2,25,26,27,28)/t18-,19+/m0/s1. The highest BCUT2D eigenvalue weighted by molar-refractivity contribution is 5.86. The summed E-state index contributed by atoms with van der Waals surface area (Å²) in [7, 11) is 0. The number of anilines is 2. The van der Waals surface area contributed by atoms with Crippen LogP contribution in [-0.4, -0.2) is 74.9 Å². The van der Waals surface area contributed by atoms with Gasteiger partial charge in [0.1, 0.15) is 23.6 Å². The molecule has 0 spiro atoms. The van der Waals surface area contributed by atoms with Gasteiger partial charge in [-0.15, -0.1) is 0 Å². The number of piperidine rings is 1. The Labute approximate surface area is 200 Å². The fraction of sp³-hybridized carbons (Fsp3) is 0.583. The normalized spacial score (nSPS) is 21.3. The molecule has 2 aromatic heterocycles. The Morgan fingerprint density at radius 1 is 1.21 bits per heavy atom. The molecule has 0 saturated carbocycles. The van der Waals surface area contributed by atoms with Gasteiger partial charge in [0, 0.05) is 24.8 Å². The molecule has 0 radical (unpaired) electrons. The zero-order valence-corrected chi connectivity index (χ0v) is 20.3. The molecule has 4 heterocycles. The van der Waals surface area contributed by atoms with Gasteiger partial charge in [-0.05, 0) is 59.1 Å². The molecular weight excluding hydrogens is 436 g/mol. The second-order valence-corrected chi connectivity index (χ2v) is 9.84. The molecule has 2 amide bonds. The predicted molar refractivity (Wildman–Crippen MR) is 127 cm³/mol. The molecule has 0 aromatic carbocycles. The van der Waals surface area contributed by atoms with Crippen molar-refractivity contribution in [2.24, 2.45) is 0 Å². The average Bonchev–Trinajstić information content (AvgIpc) is 3.22. The minimum absolute atomic E-state index is 0.0554. The summed E-state index contributed by atoms with van der Waals surface area (Å²) in [5, 5.41) is 10.3. The quantitative estimate of drug-likeness (QED) is 0.703. The maximum absolute atomic E-state index is 13.5. The number of nitrogens with one attached hydrogen (secondary N) is 2. The lowest BCUT2D eigenvalue weighted by Crippen LogP contribution is -2.56. The summed E-state index contributed by atoms with van der Waals surface area (Å²) < 4.78 is 11.5. The summed E-state index contributed by atoms with van der Waals surface area (Å²) in [4.78, 5) is 34.3. The molecule has 34 heavy (non-hydrogen) atoms. The molecule has 2 N–H and O–H groups in total. The van der Waals surface area contributed by atoms with E-state index in [0.29, 0.717) is 44.3 Å². The number of morpholine rings is 1. The Bertz CT molecular complexity index is 1020. The molecule has 184 valence electrons. The van der Waals surface area contributed by atoms with Gasteiger partial charge >= 0.3 is 6.09 Å². The number of hydrogen-bond donors (Lipinski definition) is 2. The Balaban J connectivity index is 1.44. The molecule has 2 aliphatic heterocycles. The van der Waals surface area contributed by atoms with Crippen LogP contribution >= 0.6 is 0 Å². The molecular formula is C24H34N6O4. The molecule has 0 unspecified atom stereocenters. The number of ether oxygens (including phenoxy) is 2. The molecule has 2 fully saturated rings. The Hall–Kier alpha value is -3.14. The van der Waals surface area contributed by atoms with Crippen molar-refractivity contribution in [3.05, 3.63) is 35.7 Å². The number of likely N-dealkylation sites (tertiary alicyclic amines) is 1. The van der Waals surface area contributed by atoms with E-state index < -0.39 is 17.7 Å². The van der Waals surface area contributed by atoms with Gasteiger partial charge in [-0.1, -0.05) is 6.07 Å². The van der Waals surface area contributed by atoms with Crippen LogP contribution in [0.2, 0.25) is 0 Å². The van der Waals surface area contributed by atoms with Crippen LogP contribution in [0.5, 0.6) is 0 Å². The highest BCUT2D eigenvalue weighted by atomic mass is 16.6. The van der Waals surface area contributed by atoms with Gasteiger partial charge in [0.2, 0.25) is 5.91 Å². The summed E-state index contributed by atoms with van der Waals surface area (Å²) in [5.74, 6) is 1.28. The van der Waals surface area contributed by atoms with Gasteiger partial charge in [-0.25, -0.2) is 9.78 Å². The van der Waals surface area contributed by atoms with E-state index >= 15 is 0 Å². The summed E-state index contributed by atoms with van der Waals surface area (Å²) in [6.07, 6.45) is 1.64. The Morgan fingerprint density at radius 2 is 2.03 bits per heavy atom. The molecule has 0 aliphatic carbocycles. The number of hydrogen-bond acceptors (Lipinski definition) is 7. The third kappa shape index (κ3) is 5.85. The molecule has 0 bridgehead atoms. The van der Waals surface area contributed by atoms with Crippen molar-refractivity contribution in [1.82, 2.24) is 25.0 Å². The van der Waals surface area contributed by atoms with E-state index in [2.05, 4.69) is 20.5 Å². The number of aryl methyl sites for hydroxylation is 1. The first-order valence-electron chi connectivity index (χ1n) is 11.9. The van der Waals surface area contributed by atoms with Crippen molar-refractivity contribution in [1.29, 1.82) is 0 Å². The fourth-order valence-corrected chi connectivity index (χ4v) is 4.28. The predicted octanol–water partition coefficient (Wildman–Crippen LogP) is 3.55. The molecule has 2 aromatic rings. The zero-order valence-electron chi connectivity index (χ0n) is 20.3. The lowest BCUT2D eigenvalue weighted by molar-refractivity contribution is -0.146. The van der Waals surface area contributed by atoms with Gasteiger partial charge in [-0.3, -0.25) is 14.8 Å². The fourth-order valence-electron chi connectivity index (χ4n) is 4.28.